The van der Waals surface area contributed by atoms with Gasteiger partial charge < -0.3 is 19.9 Å². The summed E-state index contributed by atoms with van der Waals surface area (Å²) in [6.07, 6.45) is 0.679. The number of nitrogens with one attached hydrogen (secondary N) is 2. The Bertz CT molecular complexity index is 1080. The van der Waals surface area contributed by atoms with E-state index in [1.807, 2.05) is 30.3 Å². The lowest BCUT2D eigenvalue weighted by atomic mass is 10.1. The van der Waals surface area contributed by atoms with Crippen LogP contribution in [0.5, 0.6) is 0 Å². The number of piperazine rings is 1. The van der Waals surface area contributed by atoms with Crippen LogP contribution in [0.3, 0.4) is 0 Å². The van der Waals surface area contributed by atoms with Crippen LogP contribution in [0.1, 0.15) is 5.56 Å². The number of esters is 1. The maximum atomic E-state index is 13.3. The van der Waals surface area contributed by atoms with Crippen molar-refractivity contribution in [2.45, 2.75) is 18.1 Å². The molecule has 0 saturated carbocycles. The molecule has 0 unspecified atom stereocenters. The van der Waals surface area contributed by atoms with Crippen LogP contribution in [-0.2, 0) is 22.5 Å². The molecule has 0 radical (unpaired) electrons. The van der Waals surface area contributed by atoms with Crippen LogP contribution in [0.4, 0.5) is 5.95 Å². The van der Waals surface area contributed by atoms with Crippen LogP contribution in [0.15, 0.2) is 40.3 Å². The SMILES string of the molecule is COC(=O)CSc1nc2nc(N3CCNCC3)[nH]c2c(=O)n1CCc1ccccc1. The Hall–Kier alpha value is -2.85. The average molecular weight is 429 g/mol. The van der Waals surface area contributed by atoms with Crippen LogP contribution in [0.25, 0.3) is 11.2 Å². The number of hydrogen-bond donors (Lipinski definition) is 2. The van der Waals surface area contributed by atoms with Crippen molar-refractivity contribution in [3.8, 4) is 0 Å². The fraction of sp³-hybridized carbons (Fsp3) is 0.400. The maximum absolute atomic E-state index is 13.3. The predicted octanol–water partition coefficient (Wildman–Crippen LogP) is 1.04. The zero-order valence-electron chi connectivity index (χ0n) is 16.8. The maximum Gasteiger partial charge on any atom is 0.316 e. The predicted molar refractivity (Wildman–Crippen MR) is 116 cm³/mol. The van der Waals surface area contributed by atoms with E-state index in [1.165, 1.54) is 18.9 Å². The van der Waals surface area contributed by atoms with Gasteiger partial charge in [-0.3, -0.25) is 14.2 Å². The van der Waals surface area contributed by atoms with Gasteiger partial charge in [0.05, 0.1) is 12.9 Å². The van der Waals surface area contributed by atoms with Crippen LogP contribution < -0.4 is 15.8 Å². The van der Waals surface area contributed by atoms with Gasteiger partial charge in [-0.05, 0) is 12.0 Å². The summed E-state index contributed by atoms with van der Waals surface area (Å²) in [6.45, 7) is 3.81. The number of fused-ring (bicyclic) bond motifs is 1. The molecule has 3 heterocycles. The number of thioether (sulfide) groups is 1. The Kier molecular flexibility index (Phi) is 6.34. The fourth-order valence-corrected chi connectivity index (χ4v) is 4.20. The van der Waals surface area contributed by atoms with Gasteiger partial charge in [0.25, 0.3) is 5.56 Å². The van der Waals surface area contributed by atoms with E-state index in [4.69, 9.17) is 4.74 Å². The molecule has 1 saturated heterocycles. The van der Waals surface area contributed by atoms with Crippen molar-refractivity contribution in [3.05, 3.63) is 46.2 Å². The molecule has 30 heavy (non-hydrogen) atoms. The lowest BCUT2D eigenvalue weighted by molar-refractivity contribution is -0.137. The van der Waals surface area contributed by atoms with E-state index >= 15 is 0 Å². The molecule has 3 aromatic rings. The molecule has 158 valence electrons. The van der Waals surface area contributed by atoms with Crippen molar-refractivity contribution in [2.24, 2.45) is 0 Å². The highest BCUT2D eigenvalue weighted by Gasteiger charge is 2.20. The summed E-state index contributed by atoms with van der Waals surface area (Å²) < 4.78 is 6.35. The van der Waals surface area contributed by atoms with Gasteiger partial charge in [-0.25, -0.2) is 4.98 Å². The second-order valence-electron chi connectivity index (χ2n) is 6.95. The third-order valence-corrected chi connectivity index (χ3v) is 5.94. The van der Waals surface area contributed by atoms with Crippen molar-refractivity contribution in [2.75, 3.05) is 43.9 Å². The van der Waals surface area contributed by atoms with Gasteiger partial charge in [-0.1, -0.05) is 42.1 Å². The summed E-state index contributed by atoms with van der Waals surface area (Å²) in [6, 6.07) is 9.96. The summed E-state index contributed by atoms with van der Waals surface area (Å²) >= 11 is 1.19. The van der Waals surface area contributed by atoms with E-state index in [1.54, 1.807) is 4.57 Å². The smallest absolute Gasteiger partial charge is 0.316 e. The largest absolute Gasteiger partial charge is 0.468 e. The third kappa shape index (κ3) is 4.49. The van der Waals surface area contributed by atoms with Gasteiger partial charge in [0.2, 0.25) is 5.95 Å². The average Bonchev–Trinajstić information content (AvgIpc) is 3.23. The first-order valence-corrected chi connectivity index (χ1v) is 10.8. The van der Waals surface area contributed by atoms with Crippen LogP contribution >= 0.6 is 11.8 Å². The minimum absolute atomic E-state index is 0.0782. The molecule has 1 aliphatic heterocycles. The molecular formula is C20H24N6O3S. The topological polar surface area (TPSA) is 105 Å². The van der Waals surface area contributed by atoms with Gasteiger partial charge in [0, 0.05) is 32.7 Å². The van der Waals surface area contributed by atoms with E-state index in [0.29, 0.717) is 35.2 Å². The van der Waals surface area contributed by atoms with Gasteiger partial charge in [-0.15, -0.1) is 0 Å². The number of aromatic nitrogens is 4. The van der Waals surface area contributed by atoms with Crippen molar-refractivity contribution in [3.63, 3.8) is 0 Å². The first-order chi connectivity index (χ1) is 14.7. The molecule has 2 N–H and O–H groups in total. The number of hydrogen-bond acceptors (Lipinski definition) is 8. The zero-order chi connectivity index (χ0) is 20.9. The molecule has 10 heteroatoms. The summed E-state index contributed by atoms with van der Waals surface area (Å²) in [5.74, 6) is 0.364. The molecule has 1 aliphatic rings. The molecule has 0 bridgehead atoms. The first-order valence-electron chi connectivity index (χ1n) is 9.85. The Labute approximate surface area is 177 Å². The number of benzene rings is 1. The summed E-state index contributed by atoms with van der Waals surface area (Å²) in [5.41, 5.74) is 1.70. The van der Waals surface area contributed by atoms with Crippen LogP contribution in [0, 0.1) is 0 Å². The molecule has 0 atom stereocenters. The van der Waals surface area contributed by atoms with Gasteiger partial charge >= 0.3 is 5.97 Å². The normalized spacial score (nSPS) is 14.2. The van der Waals surface area contributed by atoms with Crippen LogP contribution in [-0.4, -0.2) is 64.5 Å². The van der Waals surface area contributed by atoms with Gasteiger partial charge in [0.15, 0.2) is 16.3 Å². The van der Waals surface area contributed by atoms with Gasteiger partial charge in [-0.2, -0.15) is 4.98 Å². The molecule has 2 aromatic heterocycles. The Morgan fingerprint density at radius 1 is 1.20 bits per heavy atom. The molecular weight excluding hydrogens is 404 g/mol. The molecule has 0 aliphatic carbocycles. The molecule has 0 spiro atoms. The summed E-state index contributed by atoms with van der Waals surface area (Å²) in [7, 11) is 1.34. The summed E-state index contributed by atoms with van der Waals surface area (Å²) in [5, 5.41) is 3.77. The number of aromatic amines is 1. The number of carbonyl (C=O) groups excluding carboxylic acids is 1. The molecule has 1 aromatic carbocycles. The molecule has 4 rings (SSSR count). The third-order valence-electron chi connectivity index (χ3n) is 4.99. The number of aryl methyl sites for hydroxylation is 1. The molecule has 1 fully saturated rings. The minimum Gasteiger partial charge on any atom is -0.468 e. The highest BCUT2D eigenvalue weighted by atomic mass is 32.2. The number of rotatable bonds is 7. The standard InChI is InChI=1S/C20H24N6O3S/c1-29-15(27)13-30-20-24-17-16(22-19(23-17)25-11-8-21-9-12-25)18(28)26(20)10-7-14-5-3-2-4-6-14/h2-6,21H,7-13H2,1H3,(H,22,23). The zero-order valence-corrected chi connectivity index (χ0v) is 17.6. The Balaban J connectivity index is 1.68. The monoisotopic (exact) mass is 428 g/mol. The number of carbonyl (C=O) groups is 1. The Morgan fingerprint density at radius 2 is 1.97 bits per heavy atom. The quantitative estimate of drug-likeness (QED) is 0.327. The molecule has 9 nitrogen and oxygen atoms in total. The lowest BCUT2D eigenvalue weighted by Gasteiger charge is -2.26. The van der Waals surface area contributed by atoms with Gasteiger partial charge in [0.1, 0.15) is 0 Å². The van der Waals surface area contributed by atoms with E-state index in [-0.39, 0.29) is 17.3 Å². The fourth-order valence-electron chi connectivity index (χ4n) is 3.36. The van der Waals surface area contributed by atoms with Crippen molar-refractivity contribution in [1.82, 2.24) is 24.8 Å². The summed E-state index contributed by atoms with van der Waals surface area (Å²) in [4.78, 5) is 39.3. The number of nitrogens with zero attached hydrogens (tertiary/aromatic N) is 4. The van der Waals surface area contributed by atoms with E-state index in [0.717, 1.165) is 31.7 Å². The number of imidazole rings is 1. The lowest BCUT2D eigenvalue weighted by Crippen LogP contribution is -2.44. The van der Waals surface area contributed by atoms with E-state index in [9.17, 15) is 9.59 Å². The second-order valence-corrected chi connectivity index (χ2v) is 7.89. The highest BCUT2D eigenvalue weighted by molar-refractivity contribution is 7.99. The second kappa shape index (κ2) is 9.31. The minimum atomic E-state index is -0.368. The first kappa shape index (κ1) is 20.4. The van der Waals surface area contributed by atoms with E-state index in [2.05, 4.69) is 25.2 Å². The van der Waals surface area contributed by atoms with Crippen molar-refractivity contribution < 1.29 is 9.53 Å². The highest BCUT2D eigenvalue weighted by Crippen LogP contribution is 2.20. The molecule has 0 amide bonds. The van der Waals surface area contributed by atoms with Crippen molar-refractivity contribution >= 4 is 34.8 Å². The van der Waals surface area contributed by atoms with E-state index < -0.39 is 0 Å². The number of ether oxygens (including phenoxy) is 1. The number of methoxy groups -OCH3 is 1. The Morgan fingerprint density at radius 3 is 2.70 bits per heavy atom. The van der Waals surface area contributed by atoms with Crippen LogP contribution in [0.2, 0.25) is 0 Å². The van der Waals surface area contributed by atoms with Crippen molar-refractivity contribution in [1.29, 1.82) is 0 Å². The number of H-pyrrole nitrogens is 1. The number of anilines is 1.